The fourth-order valence-corrected chi connectivity index (χ4v) is 2.61. The normalized spacial score (nSPS) is 16.0. The van der Waals surface area contributed by atoms with Crippen molar-refractivity contribution in [2.24, 2.45) is 0 Å². The molecule has 1 N–H and O–H groups in total. The molecule has 1 aliphatic heterocycles. The van der Waals surface area contributed by atoms with Gasteiger partial charge in [0.2, 0.25) is 0 Å². The van der Waals surface area contributed by atoms with Gasteiger partial charge in [-0.15, -0.1) is 0 Å². The smallest absolute Gasteiger partial charge is 0.312 e. The van der Waals surface area contributed by atoms with Crippen LogP contribution in [0.3, 0.4) is 0 Å². The Bertz CT molecular complexity index is 745. The van der Waals surface area contributed by atoms with Crippen LogP contribution < -0.4 is 9.64 Å². The van der Waals surface area contributed by atoms with Crippen molar-refractivity contribution in [3.05, 3.63) is 59.9 Å². The van der Waals surface area contributed by atoms with Crippen LogP contribution in [0.4, 0.5) is 10.1 Å². The van der Waals surface area contributed by atoms with Gasteiger partial charge in [-0.3, -0.25) is 9.59 Å². The van der Waals surface area contributed by atoms with Crippen LogP contribution >= 0.6 is 0 Å². The minimum Gasteiger partial charge on any atom is -0.484 e. The Labute approximate surface area is 131 Å². The minimum absolute atomic E-state index is 0.0836. The molecular formula is C17H14FNO4. The first-order valence-electron chi connectivity index (χ1n) is 7.06. The van der Waals surface area contributed by atoms with Crippen molar-refractivity contribution in [3.8, 4) is 5.75 Å². The Hall–Kier alpha value is -2.89. The lowest BCUT2D eigenvalue weighted by molar-refractivity contribution is -0.138. The molecule has 23 heavy (non-hydrogen) atoms. The molecule has 1 heterocycles. The molecule has 6 heteroatoms. The maximum Gasteiger partial charge on any atom is 0.312 e. The van der Waals surface area contributed by atoms with E-state index in [0.717, 1.165) is 0 Å². The number of hydrogen-bond donors (Lipinski definition) is 1. The van der Waals surface area contributed by atoms with E-state index in [-0.39, 0.29) is 24.9 Å². The summed E-state index contributed by atoms with van der Waals surface area (Å²) in [4.78, 5) is 25.1. The lowest BCUT2D eigenvalue weighted by Gasteiger charge is -2.17. The lowest BCUT2D eigenvalue weighted by Crippen LogP contribution is -2.35. The predicted molar refractivity (Wildman–Crippen MR) is 81.1 cm³/mol. The number of benzene rings is 2. The molecule has 0 saturated heterocycles. The number of carboxylic acids is 1. The third-order valence-electron chi connectivity index (χ3n) is 3.74. The van der Waals surface area contributed by atoms with E-state index >= 15 is 0 Å². The molecule has 3 rings (SSSR count). The standard InChI is InChI=1S/C17H14FNO4/c18-11-5-7-12(8-6-11)23-10-16(20)19-9-14(17(21)22)13-3-1-2-4-15(13)19/h1-8,14H,9-10H2,(H,21,22). The van der Waals surface area contributed by atoms with Gasteiger partial charge >= 0.3 is 5.97 Å². The van der Waals surface area contributed by atoms with Crippen LogP contribution in [0.2, 0.25) is 0 Å². The highest BCUT2D eigenvalue weighted by Crippen LogP contribution is 2.36. The first-order valence-corrected chi connectivity index (χ1v) is 7.06. The van der Waals surface area contributed by atoms with E-state index in [0.29, 0.717) is 17.0 Å². The summed E-state index contributed by atoms with van der Waals surface area (Å²) in [5, 5.41) is 9.29. The molecule has 0 radical (unpaired) electrons. The molecule has 1 atom stereocenters. The second-order valence-corrected chi connectivity index (χ2v) is 5.20. The van der Waals surface area contributed by atoms with E-state index in [9.17, 15) is 19.1 Å². The van der Waals surface area contributed by atoms with Crippen LogP contribution in [0.25, 0.3) is 0 Å². The van der Waals surface area contributed by atoms with Crippen LogP contribution in [0, 0.1) is 5.82 Å². The number of nitrogens with zero attached hydrogens (tertiary/aromatic N) is 1. The zero-order valence-electron chi connectivity index (χ0n) is 12.1. The van der Waals surface area contributed by atoms with E-state index < -0.39 is 11.9 Å². The van der Waals surface area contributed by atoms with Crippen molar-refractivity contribution in [2.75, 3.05) is 18.1 Å². The van der Waals surface area contributed by atoms with Gasteiger partial charge in [0.15, 0.2) is 6.61 Å². The van der Waals surface area contributed by atoms with Gasteiger partial charge in [0.05, 0.1) is 0 Å². The minimum atomic E-state index is -0.966. The second-order valence-electron chi connectivity index (χ2n) is 5.20. The van der Waals surface area contributed by atoms with Crippen LogP contribution in [-0.4, -0.2) is 30.1 Å². The van der Waals surface area contributed by atoms with E-state index in [1.54, 1.807) is 24.3 Å². The maximum atomic E-state index is 12.8. The molecule has 1 unspecified atom stereocenters. The summed E-state index contributed by atoms with van der Waals surface area (Å²) >= 11 is 0. The summed E-state index contributed by atoms with van der Waals surface area (Å²) in [6.45, 7) is -0.160. The molecule has 0 saturated carbocycles. The van der Waals surface area contributed by atoms with Gasteiger partial charge in [-0.05, 0) is 35.9 Å². The summed E-state index contributed by atoms with van der Waals surface area (Å²) < 4.78 is 18.2. The number of aliphatic carboxylic acids is 1. The molecule has 5 nitrogen and oxygen atoms in total. The number of halogens is 1. The second kappa shape index (κ2) is 6.08. The molecule has 0 fully saturated rings. The van der Waals surface area contributed by atoms with Crippen molar-refractivity contribution >= 4 is 17.6 Å². The van der Waals surface area contributed by atoms with Gasteiger partial charge in [-0.25, -0.2) is 4.39 Å². The average molecular weight is 315 g/mol. The number of para-hydroxylation sites is 1. The summed E-state index contributed by atoms with van der Waals surface area (Å²) in [7, 11) is 0. The summed E-state index contributed by atoms with van der Waals surface area (Å²) in [5.74, 6) is -2.05. The van der Waals surface area contributed by atoms with Gasteiger partial charge in [0.1, 0.15) is 17.5 Å². The number of fused-ring (bicyclic) bond motifs is 1. The number of carbonyl (C=O) groups is 2. The summed E-state index contributed by atoms with van der Waals surface area (Å²) in [5.41, 5.74) is 1.21. The highest BCUT2D eigenvalue weighted by molar-refractivity contribution is 5.99. The number of rotatable bonds is 4. The Kier molecular flexibility index (Phi) is 3.97. The fraction of sp³-hybridized carbons (Fsp3) is 0.176. The highest BCUT2D eigenvalue weighted by atomic mass is 19.1. The van der Waals surface area contributed by atoms with E-state index in [4.69, 9.17) is 4.74 Å². The van der Waals surface area contributed by atoms with Gasteiger partial charge in [0, 0.05) is 12.2 Å². The Balaban J connectivity index is 1.73. The third kappa shape index (κ3) is 3.01. The zero-order valence-corrected chi connectivity index (χ0v) is 12.1. The molecule has 2 aromatic rings. The largest absolute Gasteiger partial charge is 0.484 e. The highest BCUT2D eigenvalue weighted by Gasteiger charge is 2.36. The molecule has 0 aliphatic carbocycles. The summed E-state index contributed by atoms with van der Waals surface area (Å²) in [6.07, 6.45) is 0. The van der Waals surface area contributed by atoms with Crippen molar-refractivity contribution < 1.29 is 23.8 Å². The average Bonchev–Trinajstić information content (AvgIpc) is 2.94. The topological polar surface area (TPSA) is 66.8 Å². The first kappa shape index (κ1) is 15.0. The van der Waals surface area contributed by atoms with Crippen LogP contribution in [-0.2, 0) is 9.59 Å². The van der Waals surface area contributed by atoms with Crippen molar-refractivity contribution in [1.29, 1.82) is 0 Å². The van der Waals surface area contributed by atoms with Gasteiger partial charge in [0.25, 0.3) is 5.91 Å². The molecule has 0 bridgehead atoms. The van der Waals surface area contributed by atoms with E-state index in [1.807, 2.05) is 0 Å². The summed E-state index contributed by atoms with van der Waals surface area (Å²) in [6, 6.07) is 12.3. The number of carbonyl (C=O) groups excluding carboxylic acids is 1. The number of carboxylic acid groups (broad SMARTS) is 1. The Morgan fingerprint density at radius 2 is 1.87 bits per heavy atom. The van der Waals surface area contributed by atoms with Crippen molar-refractivity contribution in [3.63, 3.8) is 0 Å². The number of anilines is 1. The predicted octanol–water partition coefficient (Wildman–Crippen LogP) is 2.42. The van der Waals surface area contributed by atoms with Gasteiger partial charge < -0.3 is 14.7 Å². The van der Waals surface area contributed by atoms with Gasteiger partial charge in [-0.1, -0.05) is 18.2 Å². The van der Waals surface area contributed by atoms with Gasteiger partial charge in [-0.2, -0.15) is 0 Å². The molecule has 1 aliphatic rings. The maximum absolute atomic E-state index is 12.8. The molecule has 2 aromatic carbocycles. The molecule has 118 valence electrons. The molecule has 1 amide bonds. The van der Waals surface area contributed by atoms with E-state index in [2.05, 4.69) is 0 Å². The van der Waals surface area contributed by atoms with Crippen molar-refractivity contribution in [1.82, 2.24) is 0 Å². The first-order chi connectivity index (χ1) is 11.1. The fourth-order valence-electron chi connectivity index (χ4n) is 2.61. The molecule has 0 aromatic heterocycles. The van der Waals surface area contributed by atoms with E-state index in [1.165, 1.54) is 29.2 Å². The lowest BCUT2D eigenvalue weighted by atomic mass is 10.0. The Morgan fingerprint density at radius 3 is 2.57 bits per heavy atom. The van der Waals surface area contributed by atoms with Crippen LogP contribution in [0.1, 0.15) is 11.5 Å². The molecular weight excluding hydrogens is 301 g/mol. The monoisotopic (exact) mass is 315 g/mol. The molecule has 0 spiro atoms. The SMILES string of the molecule is O=C(O)C1CN(C(=O)COc2ccc(F)cc2)c2ccccc21. The van der Waals surface area contributed by atoms with Crippen LogP contribution in [0.15, 0.2) is 48.5 Å². The number of ether oxygens (including phenoxy) is 1. The number of amides is 1. The van der Waals surface area contributed by atoms with Crippen molar-refractivity contribution in [2.45, 2.75) is 5.92 Å². The quantitative estimate of drug-likeness (QED) is 0.941. The zero-order chi connectivity index (χ0) is 16.4. The third-order valence-corrected chi connectivity index (χ3v) is 3.74. The number of hydrogen-bond acceptors (Lipinski definition) is 3. The Morgan fingerprint density at radius 1 is 1.17 bits per heavy atom. The van der Waals surface area contributed by atoms with Crippen LogP contribution in [0.5, 0.6) is 5.75 Å².